The Bertz CT molecular complexity index is 454. The molecule has 0 aliphatic rings. The van der Waals surface area contributed by atoms with Gasteiger partial charge in [-0.1, -0.05) is 24.9 Å². The second-order valence-electron chi connectivity index (χ2n) is 3.15. The molecule has 6 heteroatoms. The maximum Gasteiger partial charge on any atom is 0.276 e. The van der Waals surface area contributed by atoms with E-state index in [1.165, 1.54) is 30.5 Å². The molecule has 0 unspecified atom stereocenters. The van der Waals surface area contributed by atoms with Crippen LogP contribution in [0, 0.1) is 0 Å². The predicted octanol–water partition coefficient (Wildman–Crippen LogP) is 2.40. The molecule has 0 aliphatic heterocycles. The van der Waals surface area contributed by atoms with E-state index in [9.17, 15) is 8.42 Å². The molecular formula is C10H13ClN2O2S. The van der Waals surface area contributed by atoms with Crippen LogP contribution in [0.3, 0.4) is 0 Å². The van der Waals surface area contributed by atoms with E-state index in [4.69, 9.17) is 11.6 Å². The van der Waals surface area contributed by atoms with Gasteiger partial charge < -0.3 is 0 Å². The van der Waals surface area contributed by atoms with Gasteiger partial charge in [-0.2, -0.15) is 13.5 Å². The van der Waals surface area contributed by atoms with Crippen LogP contribution in [0.2, 0.25) is 5.02 Å². The van der Waals surface area contributed by atoms with Crippen molar-refractivity contribution < 1.29 is 8.42 Å². The Kier molecular flexibility index (Phi) is 4.76. The van der Waals surface area contributed by atoms with Crippen LogP contribution >= 0.6 is 11.6 Å². The number of hydrogen-bond donors (Lipinski definition) is 1. The van der Waals surface area contributed by atoms with Crippen LogP contribution in [0.1, 0.15) is 19.8 Å². The van der Waals surface area contributed by atoms with Crippen molar-refractivity contribution in [2.45, 2.75) is 24.7 Å². The van der Waals surface area contributed by atoms with Gasteiger partial charge in [-0.3, -0.25) is 0 Å². The van der Waals surface area contributed by atoms with Crippen molar-refractivity contribution in [2.24, 2.45) is 5.10 Å². The molecule has 1 rings (SSSR count). The van der Waals surface area contributed by atoms with Crippen molar-refractivity contribution in [1.29, 1.82) is 0 Å². The van der Waals surface area contributed by atoms with E-state index in [2.05, 4.69) is 9.93 Å². The van der Waals surface area contributed by atoms with E-state index in [0.29, 0.717) is 5.02 Å². The third kappa shape index (κ3) is 3.83. The quantitative estimate of drug-likeness (QED) is 0.653. The number of hydrogen-bond acceptors (Lipinski definition) is 3. The third-order valence-electron chi connectivity index (χ3n) is 1.81. The first-order chi connectivity index (χ1) is 7.56. The molecule has 1 aromatic rings. The van der Waals surface area contributed by atoms with Crippen LogP contribution < -0.4 is 4.83 Å². The summed E-state index contributed by atoms with van der Waals surface area (Å²) in [4.78, 5) is 2.27. The molecule has 88 valence electrons. The van der Waals surface area contributed by atoms with Gasteiger partial charge in [0.25, 0.3) is 10.0 Å². The van der Waals surface area contributed by atoms with Crippen molar-refractivity contribution in [3.63, 3.8) is 0 Å². The van der Waals surface area contributed by atoms with Crippen LogP contribution in [0.15, 0.2) is 34.3 Å². The van der Waals surface area contributed by atoms with Crippen molar-refractivity contribution in [3.8, 4) is 0 Å². The van der Waals surface area contributed by atoms with Gasteiger partial charge >= 0.3 is 0 Å². The third-order valence-corrected chi connectivity index (χ3v) is 3.30. The summed E-state index contributed by atoms with van der Waals surface area (Å²) in [5.41, 5.74) is 0. The standard InChI is InChI=1S/C10H13ClN2O2S/c1-2-3-8-12-13-16(14,15)10-6-4-9(11)5-7-10/h4-8,13H,2-3H2,1H3. The zero-order chi connectivity index (χ0) is 12.0. The number of halogens is 1. The number of nitrogens with one attached hydrogen (secondary N) is 1. The highest BCUT2D eigenvalue weighted by atomic mass is 35.5. The first-order valence-corrected chi connectivity index (χ1v) is 6.71. The van der Waals surface area contributed by atoms with E-state index in [0.717, 1.165) is 12.8 Å². The fourth-order valence-electron chi connectivity index (χ4n) is 0.967. The number of hydrazone groups is 1. The molecular weight excluding hydrogens is 248 g/mol. The molecule has 0 spiro atoms. The molecule has 0 saturated carbocycles. The molecule has 0 amide bonds. The summed E-state index contributed by atoms with van der Waals surface area (Å²) in [6.45, 7) is 1.99. The van der Waals surface area contributed by atoms with Crippen LogP contribution in [-0.4, -0.2) is 14.6 Å². The largest absolute Gasteiger partial charge is 0.276 e. The summed E-state index contributed by atoms with van der Waals surface area (Å²) in [7, 11) is -3.56. The lowest BCUT2D eigenvalue weighted by atomic mass is 10.4. The normalized spacial score (nSPS) is 11.9. The highest BCUT2D eigenvalue weighted by molar-refractivity contribution is 7.89. The van der Waals surface area contributed by atoms with Gasteiger partial charge in [-0.25, -0.2) is 4.83 Å². The fraction of sp³-hybridized carbons (Fsp3) is 0.300. The van der Waals surface area contributed by atoms with Crippen molar-refractivity contribution in [3.05, 3.63) is 29.3 Å². The summed E-state index contributed by atoms with van der Waals surface area (Å²) in [5.74, 6) is 0. The van der Waals surface area contributed by atoms with Crippen LogP contribution in [0.25, 0.3) is 0 Å². The Morgan fingerprint density at radius 3 is 2.56 bits per heavy atom. The summed E-state index contributed by atoms with van der Waals surface area (Å²) in [5, 5.41) is 4.13. The number of benzene rings is 1. The van der Waals surface area contributed by atoms with E-state index in [1.807, 2.05) is 6.92 Å². The first-order valence-electron chi connectivity index (χ1n) is 4.85. The lowest BCUT2D eigenvalue weighted by molar-refractivity contribution is 0.584. The molecule has 0 heterocycles. The zero-order valence-electron chi connectivity index (χ0n) is 8.85. The van der Waals surface area contributed by atoms with Gasteiger partial charge in [0.05, 0.1) is 4.90 Å². The van der Waals surface area contributed by atoms with E-state index < -0.39 is 10.0 Å². The molecule has 4 nitrogen and oxygen atoms in total. The molecule has 1 N–H and O–H groups in total. The Morgan fingerprint density at radius 1 is 1.38 bits per heavy atom. The Labute approximate surface area is 100 Å². The van der Waals surface area contributed by atoms with Crippen molar-refractivity contribution in [2.75, 3.05) is 0 Å². The molecule has 1 aromatic carbocycles. The second kappa shape index (κ2) is 5.86. The molecule has 0 atom stereocenters. The van der Waals surface area contributed by atoms with Crippen molar-refractivity contribution >= 4 is 27.8 Å². The topological polar surface area (TPSA) is 58.5 Å². The summed E-state index contributed by atoms with van der Waals surface area (Å²) in [6.07, 6.45) is 3.20. The smallest absolute Gasteiger partial charge is 0.200 e. The first kappa shape index (κ1) is 13.0. The van der Waals surface area contributed by atoms with Gasteiger partial charge in [-0.15, -0.1) is 0 Å². The monoisotopic (exact) mass is 260 g/mol. The summed E-state index contributed by atoms with van der Waals surface area (Å²) >= 11 is 5.66. The Morgan fingerprint density at radius 2 is 2.00 bits per heavy atom. The minimum absolute atomic E-state index is 0.144. The highest BCUT2D eigenvalue weighted by Gasteiger charge is 2.11. The van der Waals surface area contributed by atoms with Crippen molar-refractivity contribution in [1.82, 2.24) is 4.83 Å². The Hall–Kier alpha value is -1.07. The van der Waals surface area contributed by atoms with Gasteiger partial charge in [-0.05, 0) is 30.7 Å². The molecule has 0 aliphatic carbocycles. The lowest BCUT2D eigenvalue weighted by Crippen LogP contribution is -2.18. The van der Waals surface area contributed by atoms with Gasteiger partial charge in [0.1, 0.15) is 0 Å². The molecule has 16 heavy (non-hydrogen) atoms. The van der Waals surface area contributed by atoms with Gasteiger partial charge in [0, 0.05) is 11.2 Å². The Balaban J connectivity index is 2.74. The van der Waals surface area contributed by atoms with Gasteiger partial charge in [0.15, 0.2) is 0 Å². The number of sulfonamides is 1. The zero-order valence-corrected chi connectivity index (χ0v) is 10.4. The van der Waals surface area contributed by atoms with Crippen LogP contribution in [0.5, 0.6) is 0 Å². The number of rotatable bonds is 5. The average Bonchev–Trinajstić information content (AvgIpc) is 2.25. The minimum atomic E-state index is -3.56. The van der Waals surface area contributed by atoms with Crippen LogP contribution in [-0.2, 0) is 10.0 Å². The maximum atomic E-state index is 11.6. The predicted molar refractivity (Wildman–Crippen MR) is 65.2 cm³/mol. The number of nitrogens with zero attached hydrogens (tertiary/aromatic N) is 1. The SMILES string of the molecule is CCCC=NNS(=O)(=O)c1ccc(Cl)cc1. The minimum Gasteiger partial charge on any atom is -0.200 e. The molecule has 0 bridgehead atoms. The van der Waals surface area contributed by atoms with E-state index in [-0.39, 0.29) is 4.90 Å². The fourth-order valence-corrected chi connectivity index (χ4v) is 1.91. The molecule has 0 aromatic heterocycles. The molecule has 0 fully saturated rings. The summed E-state index contributed by atoms with van der Waals surface area (Å²) in [6, 6.07) is 5.90. The van der Waals surface area contributed by atoms with Gasteiger partial charge in [0.2, 0.25) is 0 Å². The maximum absolute atomic E-state index is 11.6. The summed E-state index contributed by atoms with van der Waals surface area (Å²) < 4.78 is 23.3. The lowest BCUT2D eigenvalue weighted by Gasteiger charge is -2.02. The van der Waals surface area contributed by atoms with Crippen LogP contribution in [0.4, 0.5) is 0 Å². The second-order valence-corrected chi connectivity index (χ2v) is 5.25. The highest BCUT2D eigenvalue weighted by Crippen LogP contribution is 2.13. The average molecular weight is 261 g/mol. The number of unbranched alkanes of at least 4 members (excludes halogenated alkanes) is 1. The molecule has 0 saturated heterocycles. The molecule has 0 radical (unpaired) electrons. The van der Waals surface area contributed by atoms with E-state index in [1.54, 1.807) is 0 Å². The van der Waals surface area contributed by atoms with E-state index >= 15 is 0 Å².